The Morgan fingerprint density at radius 1 is 1.28 bits per heavy atom. The highest BCUT2D eigenvalue weighted by Gasteiger charge is 2.09. The van der Waals surface area contributed by atoms with Crippen LogP contribution >= 0.6 is 11.8 Å². The van der Waals surface area contributed by atoms with Crippen molar-refractivity contribution in [2.24, 2.45) is 0 Å². The number of aryl methyl sites for hydroxylation is 2. The van der Waals surface area contributed by atoms with Gasteiger partial charge in [-0.25, -0.2) is 4.68 Å². The van der Waals surface area contributed by atoms with E-state index in [1.54, 1.807) is 11.8 Å². The van der Waals surface area contributed by atoms with Gasteiger partial charge in [-0.2, -0.15) is 5.10 Å². The Morgan fingerprint density at radius 2 is 2.00 bits per heavy atom. The van der Waals surface area contributed by atoms with E-state index < -0.39 is 0 Å². The van der Waals surface area contributed by atoms with Gasteiger partial charge in [-0.3, -0.25) is 4.79 Å². The van der Waals surface area contributed by atoms with Gasteiger partial charge in [-0.15, -0.1) is 11.8 Å². The smallest absolute Gasteiger partial charge is 0.257 e. The monoisotopic (exact) mass is 260 g/mol. The van der Waals surface area contributed by atoms with E-state index in [9.17, 15) is 4.79 Å². The Balaban J connectivity index is 1.87. The summed E-state index contributed by atoms with van der Waals surface area (Å²) in [6.07, 6.45) is 0. The topological polar surface area (TPSA) is 34.9 Å². The van der Waals surface area contributed by atoms with Crippen molar-refractivity contribution in [2.75, 3.05) is 5.75 Å². The van der Waals surface area contributed by atoms with Crippen molar-refractivity contribution in [2.45, 2.75) is 19.6 Å². The van der Waals surface area contributed by atoms with Crippen molar-refractivity contribution in [3.05, 3.63) is 53.3 Å². The fourth-order valence-corrected chi connectivity index (χ4v) is 2.60. The van der Waals surface area contributed by atoms with Gasteiger partial charge in [0, 0.05) is 11.4 Å². The highest BCUT2D eigenvalue weighted by Crippen LogP contribution is 2.12. The first kappa shape index (κ1) is 12.9. The predicted octanol–water partition coefficient (Wildman–Crippen LogP) is 3.07. The molecule has 0 saturated heterocycles. The lowest BCUT2D eigenvalue weighted by Gasteiger charge is -2.03. The van der Waals surface area contributed by atoms with E-state index in [4.69, 9.17) is 0 Å². The summed E-state index contributed by atoms with van der Waals surface area (Å²) in [5.41, 5.74) is 3.02. The Kier molecular flexibility index (Phi) is 4.20. The average molecular weight is 260 g/mol. The van der Waals surface area contributed by atoms with E-state index >= 15 is 0 Å². The first-order chi connectivity index (χ1) is 8.66. The fraction of sp³-hybridized carbons (Fsp3) is 0.286. The van der Waals surface area contributed by atoms with Gasteiger partial charge < -0.3 is 0 Å². The van der Waals surface area contributed by atoms with Crippen LogP contribution in [0.2, 0.25) is 0 Å². The molecule has 0 amide bonds. The summed E-state index contributed by atoms with van der Waals surface area (Å²) in [5, 5.41) is 4.19. The van der Waals surface area contributed by atoms with Crippen LogP contribution < -0.4 is 0 Å². The van der Waals surface area contributed by atoms with Gasteiger partial charge in [0.25, 0.3) is 5.91 Å². The van der Waals surface area contributed by atoms with Crippen LogP contribution in [0.15, 0.2) is 36.4 Å². The zero-order valence-electron chi connectivity index (χ0n) is 10.6. The zero-order chi connectivity index (χ0) is 13.0. The van der Waals surface area contributed by atoms with Gasteiger partial charge in [-0.05, 0) is 25.5 Å². The van der Waals surface area contributed by atoms with E-state index in [0.717, 1.165) is 17.1 Å². The molecule has 1 heterocycles. The Bertz CT molecular complexity index is 534. The molecule has 0 aliphatic carbocycles. The van der Waals surface area contributed by atoms with Crippen LogP contribution in [0.4, 0.5) is 0 Å². The molecule has 94 valence electrons. The lowest BCUT2D eigenvalue weighted by molar-refractivity contribution is 0.0924. The second-order valence-corrected chi connectivity index (χ2v) is 5.20. The molecule has 0 fully saturated rings. The van der Waals surface area contributed by atoms with E-state index in [0.29, 0.717) is 5.75 Å². The van der Waals surface area contributed by atoms with Crippen LogP contribution in [0.3, 0.4) is 0 Å². The minimum Gasteiger partial charge on any atom is -0.272 e. The van der Waals surface area contributed by atoms with Gasteiger partial charge in [0.05, 0.1) is 11.4 Å². The molecular weight excluding hydrogens is 244 g/mol. The summed E-state index contributed by atoms with van der Waals surface area (Å²) < 4.78 is 1.49. The van der Waals surface area contributed by atoms with Crippen LogP contribution in [0, 0.1) is 13.8 Å². The van der Waals surface area contributed by atoms with Gasteiger partial charge in [0.15, 0.2) is 0 Å². The van der Waals surface area contributed by atoms with Crippen LogP contribution in [0.5, 0.6) is 0 Å². The summed E-state index contributed by atoms with van der Waals surface area (Å²) >= 11 is 1.62. The minimum atomic E-state index is 0.0431. The Labute approximate surface area is 111 Å². The lowest BCUT2D eigenvalue weighted by atomic mass is 10.2. The molecule has 18 heavy (non-hydrogen) atoms. The number of nitrogens with zero attached hydrogens (tertiary/aromatic N) is 2. The third-order valence-corrected chi connectivity index (χ3v) is 3.57. The number of hydrogen-bond donors (Lipinski definition) is 0. The molecule has 0 aliphatic rings. The van der Waals surface area contributed by atoms with Crippen LogP contribution in [0.25, 0.3) is 0 Å². The molecule has 2 aromatic rings. The highest BCUT2D eigenvalue weighted by molar-refractivity contribution is 7.99. The standard InChI is InChI=1S/C14H16N2OS/c1-11-8-12(2)16(15-11)14(17)10-18-9-13-6-4-3-5-7-13/h3-8H,9-10H2,1-2H3. The van der Waals surface area contributed by atoms with E-state index in [1.807, 2.05) is 38.1 Å². The predicted molar refractivity (Wildman–Crippen MR) is 74.9 cm³/mol. The van der Waals surface area contributed by atoms with Crippen molar-refractivity contribution in [3.63, 3.8) is 0 Å². The van der Waals surface area contributed by atoms with Crippen LogP contribution in [-0.4, -0.2) is 21.4 Å². The largest absolute Gasteiger partial charge is 0.272 e. The maximum atomic E-state index is 11.9. The molecule has 0 saturated carbocycles. The number of thioether (sulfide) groups is 1. The third kappa shape index (κ3) is 3.23. The molecule has 2 rings (SSSR count). The number of rotatable bonds is 4. The first-order valence-corrected chi connectivity index (χ1v) is 7.00. The van der Waals surface area contributed by atoms with E-state index in [1.165, 1.54) is 10.2 Å². The van der Waals surface area contributed by atoms with Crippen molar-refractivity contribution in [1.29, 1.82) is 0 Å². The second kappa shape index (κ2) is 5.87. The average Bonchev–Trinajstić information content (AvgIpc) is 2.70. The van der Waals surface area contributed by atoms with Gasteiger partial charge in [-0.1, -0.05) is 30.3 Å². The molecule has 1 aromatic heterocycles. The Hall–Kier alpha value is -1.55. The molecule has 4 heteroatoms. The maximum absolute atomic E-state index is 11.9. The quantitative estimate of drug-likeness (QED) is 0.847. The van der Waals surface area contributed by atoms with Crippen LogP contribution in [-0.2, 0) is 5.75 Å². The molecule has 0 spiro atoms. The highest BCUT2D eigenvalue weighted by atomic mass is 32.2. The maximum Gasteiger partial charge on any atom is 0.257 e. The number of hydrogen-bond acceptors (Lipinski definition) is 3. The Morgan fingerprint density at radius 3 is 2.61 bits per heavy atom. The molecule has 0 N–H and O–H groups in total. The summed E-state index contributed by atoms with van der Waals surface area (Å²) in [5.74, 6) is 1.35. The van der Waals surface area contributed by atoms with Crippen molar-refractivity contribution >= 4 is 17.7 Å². The molecule has 0 unspecified atom stereocenters. The summed E-state index contributed by atoms with van der Waals surface area (Å²) in [7, 11) is 0. The van der Waals surface area contributed by atoms with Crippen LogP contribution in [0.1, 0.15) is 21.7 Å². The molecule has 0 atom stereocenters. The fourth-order valence-electron chi connectivity index (χ4n) is 1.77. The van der Waals surface area contributed by atoms with E-state index in [-0.39, 0.29) is 5.91 Å². The SMILES string of the molecule is Cc1cc(C)n(C(=O)CSCc2ccccc2)n1. The van der Waals surface area contributed by atoms with Gasteiger partial charge in [0.2, 0.25) is 0 Å². The lowest BCUT2D eigenvalue weighted by Crippen LogP contribution is -2.16. The molecule has 3 nitrogen and oxygen atoms in total. The third-order valence-electron chi connectivity index (χ3n) is 2.58. The number of carbonyl (C=O) groups excluding carboxylic acids is 1. The molecular formula is C14H16N2OS. The molecule has 0 radical (unpaired) electrons. The zero-order valence-corrected chi connectivity index (χ0v) is 11.4. The van der Waals surface area contributed by atoms with Crippen molar-refractivity contribution < 1.29 is 4.79 Å². The normalized spacial score (nSPS) is 10.6. The van der Waals surface area contributed by atoms with Gasteiger partial charge in [0.1, 0.15) is 0 Å². The number of carbonyl (C=O) groups is 1. The molecule has 0 aliphatic heterocycles. The van der Waals surface area contributed by atoms with Gasteiger partial charge >= 0.3 is 0 Å². The summed E-state index contributed by atoms with van der Waals surface area (Å²) in [6.45, 7) is 3.80. The summed E-state index contributed by atoms with van der Waals surface area (Å²) in [4.78, 5) is 11.9. The number of benzene rings is 1. The van der Waals surface area contributed by atoms with Crippen molar-refractivity contribution in [3.8, 4) is 0 Å². The molecule has 0 bridgehead atoms. The van der Waals surface area contributed by atoms with Crippen molar-refractivity contribution in [1.82, 2.24) is 9.78 Å². The molecule has 1 aromatic carbocycles. The summed E-state index contributed by atoms with van der Waals surface area (Å²) in [6, 6.07) is 12.1. The van der Waals surface area contributed by atoms with E-state index in [2.05, 4.69) is 17.2 Å². The minimum absolute atomic E-state index is 0.0431. The number of aromatic nitrogens is 2. The second-order valence-electron chi connectivity index (χ2n) is 4.21. The first-order valence-electron chi connectivity index (χ1n) is 5.85.